The minimum absolute atomic E-state index is 0.123. The largest absolute Gasteiger partial charge is 0.411 e. The Morgan fingerprint density at radius 3 is 2.61 bits per heavy atom. The van der Waals surface area contributed by atoms with Gasteiger partial charge in [0.2, 0.25) is 11.8 Å². The Bertz CT molecular complexity index is 1040. The third kappa shape index (κ3) is 5.39. The van der Waals surface area contributed by atoms with Crippen LogP contribution in [0.2, 0.25) is 5.02 Å². The van der Waals surface area contributed by atoms with Gasteiger partial charge in [-0.3, -0.25) is 4.79 Å². The van der Waals surface area contributed by atoms with Crippen molar-refractivity contribution >= 4 is 40.6 Å². The molecular formula is C22H24ClN5O2S. The van der Waals surface area contributed by atoms with Crippen LogP contribution in [0.4, 0.5) is 11.4 Å². The summed E-state index contributed by atoms with van der Waals surface area (Å²) in [6.45, 7) is 7.20. The van der Waals surface area contributed by atoms with Gasteiger partial charge in [-0.2, -0.15) is 0 Å². The zero-order chi connectivity index (χ0) is 21.6. The van der Waals surface area contributed by atoms with E-state index < -0.39 is 0 Å². The maximum Gasteiger partial charge on any atom is 0.277 e. The second-order valence-corrected chi connectivity index (χ2v) is 8.46. The van der Waals surface area contributed by atoms with Gasteiger partial charge >= 0.3 is 0 Å². The highest BCUT2D eigenvalue weighted by molar-refractivity contribution is 7.99. The van der Waals surface area contributed by atoms with E-state index in [-0.39, 0.29) is 11.7 Å². The standard InChI is InChI=1S/C22H24ClN5O2S/c1-2-27-11-13-28(14-12-27)19-10-6-5-9-18(19)24-20(29)15-31-22-26-25-21(30-22)16-7-3-4-8-17(16)23/h3-10H,2,11-15H2,1H3,(H,24,29). The van der Waals surface area contributed by atoms with Crippen molar-refractivity contribution < 1.29 is 9.21 Å². The number of benzene rings is 2. The minimum atomic E-state index is -0.123. The third-order valence-electron chi connectivity index (χ3n) is 5.18. The van der Waals surface area contributed by atoms with Crippen LogP contribution >= 0.6 is 23.4 Å². The first-order valence-corrected chi connectivity index (χ1v) is 11.6. The molecule has 0 spiro atoms. The molecule has 4 rings (SSSR count). The summed E-state index contributed by atoms with van der Waals surface area (Å²) in [6.07, 6.45) is 0. The summed E-state index contributed by atoms with van der Waals surface area (Å²) in [4.78, 5) is 17.3. The summed E-state index contributed by atoms with van der Waals surface area (Å²) in [5.41, 5.74) is 2.54. The Morgan fingerprint density at radius 1 is 1.10 bits per heavy atom. The van der Waals surface area contributed by atoms with Crippen LogP contribution < -0.4 is 10.2 Å². The normalized spacial score (nSPS) is 14.6. The number of likely N-dealkylation sites (N-methyl/N-ethyl adjacent to an activating group) is 1. The number of hydrogen-bond acceptors (Lipinski definition) is 7. The fourth-order valence-electron chi connectivity index (χ4n) is 3.49. The van der Waals surface area contributed by atoms with E-state index in [1.54, 1.807) is 6.07 Å². The number of para-hydroxylation sites is 2. The number of hydrogen-bond donors (Lipinski definition) is 1. The van der Waals surface area contributed by atoms with Gasteiger partial charge in [-0.05, 0) is 30.8 Å². The SMILES string of the molecule is CCN1CCN(c2ccccc2NC(=O)CSc2nnc(-c3ccccc3Cl)o2)CC1. The van der Waals surface area contributed by atoms with Crippen molar-refractivity contribution in [3.05, 3.63) is 53.6 Å². The third-order valence-corrected chi connectivity index (χ3v) is 6.32. The molecule has 2 heterocycles. The van der Waals surface area contributed by atoms with E-state index >= 15 is 0 Å². The molecule has 1 aromatic heterocycles. The van der Waals surface area contributed by atoms with Crippen molar-refractivity contribution in [2.24, 2.45) is 0 Å². The van der Waals surface area contributed by atoms with Crippen LogP contribution in [0.5, 0.6) is 0 Å². The molecule has 0 aliphatic carbocycles. The molecule has 0 saturated carbocycles. The topological polar surface area (TPSA) is 74.5 Å². The van der Waals surface area contributed by atoms with Crippen molar-refractivity contribution in [3.8, 4) is 11.5 Å². The number of aromatic nitrogens is 2. The Kier molecular flexibility index (Phi) is 7.11. The lowest BCUT2D eigenvalue weighted by Gasteiger charge is -2.36. The number of nitrogens with one attached hydrogen (secondary N) is 1. The lowest BCUT2D eigenvalue weighted by atomic mass is 10.2. The number of nitrogens with zero attached hydrogens (tertiary/aromatic N) is 4. The van der Waals surface area contributed by atoms with E-state index in [1.165, 1.54) is 11.8 Å². The number of thioether (sulfide) groups is 1. The predicted molar refractivity (Wildman–Crippen MR) is 125 cm³/mol. The van der Waals surface area contributed by atoms with Crippen molar-refractivity contribution in [1.29, 1.82) is 0 Å². The van der Waals surface area contributed by atoms with E-state index in [4.69, 9.17) is 16.0 Å². The second-order valence-electron chi connectivity index (χ2n) is 7.13. The van der Waals surface area contributed by atoms with Crippen LogP contribution in [-0.2, 0) is 4.79 Å². The van der Waals surface area contributed by atoms with Gasteiger partial charge in [0.1, 0.15) is 0 Å². The molecular weight excluding hydrogens is 434 g/mol. The van der Waals surface area contributed by atoms with Crippen LogP contribution in [0, 0.1) is 0 Å². The number of carbonyl (C=O) groups excluding carboxylic acids is 1. The van der Waals surface area contributed by atoms with Gasteiger partial charge < -0.3 is 19.5 Å². The van der Waals surface area contributed by atoms with Crippen LogP contribution in [0.1, 0.15) is 6.92 Å². The molecule has 2 aromatic carbocycles. The van der Waals surface area contributed by atoms with Crippen LogP contribution in [0.3, 0.4) is 0 Å². The van der Waals surface area contributed by atoms with Gasteiger partial charge in [0.15, 0.2) is 0 Å². The highest BCUT2D eigenvalue weighted by atomic mass is 35.5. The fraction of sp³-hybridized carbons (Fsp3) is 0.318. The Balaban J connectivity index is 1.35. The summed E-state index contributed by atoms with van der Waals surface area (Å²) in [6, 6.07) is 15.2. The number of amides is 1. The molecule has 1 fully saturated rings. The average Bonchev–Trinajstić information content (AvgIpc) is 3.27. The van der Waals surface area contributed by atoms with E-state index in [2.05, 4.69) is 38.3 Å². The number of anilines is 2. The molecule has 3 aromatic rings. The number of rotatable bonds is 7. The molecule has 1 aliphatic heterocycles. The lowest BCUT2D eigenvalue weighted by molar-refractivity contribution is -0.113. The molecule has 1 saturated heterocycles. The van der Waals surface area contributed by atoms with Crippen molar-refractivity contribution in [3.63, 3.8) is 0 Å². The Labute approximate surface area is 190 Å². The van der Waals surface area contributed by atoms with Crippen LogP contribution in [0.15, 0.2) is 58.2 Å². The molecule has 31 heavy (non-hydrogen) atoms. The molecule has 0 atom stereocenters. The van der Waals surface area contributed by atoms with E-state index in [1.807, 2.05) is 36.4 Å². The number of piperazine rings is 1. The smallest absolute Gasteiger partial charge is 0.277 e. The van der Waals surface area contributed by atoms with Crippen molar-refractivity contribution in [1.82, 2.24) is 15.1 Å². The van der Waals surface area contributed by atoms with Gasteiger partial charge in [0.25, 0.3) is 5.22 Å². The monoisotopic (exact) mass is 457 g/mol. The number of halogens is 1. The highest BCUT2D eigenvalue weighted by Crippen LogP contribution is 2.30. The first-order chi connectivity index (χ1) is 15.1. The fourth-order valence-corrected chi connectivity index (χ4v) is 4.26. The van der Waals surface area contributed by atoms with Gasteiger partial charge in [0.05, 0.1) is 27.7 Å². The average molecular weight is 458 g/mol. The van der Waals surface area contributed by atoms with Crippen molar-refractivity contribution in [2.75, 3.05) is 48.7 Å². The van der Waals surface area contributed by atoms with Crippen molar-refractivity contribution in [2.45, 2.75) is 12.1 Å². The lowest BCUT2D eigenvalue weighted by Crippen LogP contribution is -2.46. The summed E-state index contributed by atoms with van der Waals surface area (Å²) in [5.74, 6) is 0.384. The molecule has 9 heteroatoms. The van der Waals surface area contributed by atoms with E-state index in [9.17, 15) is 4.79 Å². The minimum Gasteiger partial charge on any atom is -0.411 e. The first-order valence-electron chi connectivity index (χ1n) is 10.2. The molecule has 0 radical (unpaired) electrons. The zero-order valence-electron chi connectivity index (χ0n) is 17.3. The highest BCUT2D eigenvalue weighted by Gasteiger charge is 2.19. The maximum atomic E-state index is 12.6. The second kappa shape index (κ2) is 10.2. The molecule has 1 aliphatic rings. The van der Waals surface area contributed by atoms with Gasteiger partial charge in [-0.1, -0.05) is 54.6 Å². The molecule has 1 amide bonds. The predicted octanol–water partition coefficient (Wildman–Crippen LogP) is 4.26. The van der Waals surface area contributed by atoms with Crippen LogP contribution in [0.25, 0.3) is 11.5 Å². The summed E-state index contributed by atoms with van der Waals surface area (Å²) in [7, 11) is 0. The van der Waals surface area contributed by atoms with Crippen LogP contribution in [-0.4, -0.2) is 59.5 Å². The quantitative estimate of drug-likeness (QED) is 0.531. The summed E-state index contributed by atoms with van der Waals surface area (Å²) < 4.78 is 5.65. The maximum absolute atomic E-state index is 12.6. The number of carbonyl (C=O) groups is 1. The van der Waals surface area contributed by atoms with E-state index in [0.29, 0.717) is 21.7 Å². The molecule has 162 valence electrons. The molecule has 7 nitrogen and oxygen atoms in total. The van der Waals surface area contributed by atoms with Gasteiger partial charge in [-0.15, -0.1) is 10.2 Å². The first kappa shape index (κ1) is 21.7. The summed E-state index contributed by atoms with van der Waals surface area (Å²) in [5, 5.41) is 11.9. The molecule has 0 bridgehead atoms. The van der Waals surface area contributed by atoms with E-state index in [0.717, 1.165) is 44.1 Å². The van der Waals surface area contributed by atoms with Gasteiger partial charge in [-0.25, -0.2) is 0 Å². The molecule has 1 N–H and O–H groups in total. The Hall–Kier alpha value is -2.55. The summed E-state index contributed by atoms with van der Waals surface area (Å²) >= 11 is 7.37. The Morgan fingerprint density at radius 2 is 1.84 bits per heavy atom. The van der Waals surface area contributed by atoms with Gasteiger partial charge in [0, 0.05) is 26.2 Å². The molecule has 0 unspecified atom stereocenters. The zero-order valence-corrected chi connectivity index (χ0v) is 18.8.